The Hall–Kier alpha value is -0.620. The van der Waals surface area contributed by atoms with E-state index in [1.807, 2.05) is 16.4 Å². The lowest BCUT2D eigenvalue weighted by Gasteiger charge is -2.16. The van der Waals surface area contributed by atoms with Crippen LogP contribution in [0, 0.1) is 5.92 Å². The van der Waals surface area contributed by atoms with Crippen LogP contribution in [0.3, 0.4) is 0 Å². The number of rotatable bonds is 7. The Kier molecular flexibility index (Phi) is 5.91. The topological polar surface area (TPSA) is 55.6 Å². The number of hydrogen-bond acceptors (Lipinski definition) is 5. The number of nitrogens with one attached hydrogen (secondary N) is 1. The summed E-state index contributed by atoms with van der Waals surface area (Å²) >= 11 is 1.82. The molecule has 98 valence electrons. The number of nitrogens with zero attached hydrogens (tertiary/aromatic N) is 4. The molecule has 0 aliphatic rings. The van der Waals surface area contributed by atoms with E-state index >= 15 is 0 Å². The molecule has 0 aliphatic heterocycles. The van der Waals surface area contributed by atoms with Crippen molar-refractivity contribution in [2.24, 2.45) is 5.92 Å². The van der Waals surface area contributed by atoms with E-state index in [2.05, 4.69) is 54.8 Å². The minimum Gasteiger partial charge on any atom is -0.307 e. The fourth-order valence-electron chi connectivity index (χ4n) is 1.47. The van der Waals surface area contributed by atoms with Gasteiger partial charge in [0.15, 0.2) is 5.82 Å². The Bertz CT molecular complexity index is 325. The highest BCUT2D eigenvalue weighted by Gasteiger charge is 2.15. The number of tetrazole rings is 1. The maximum Gasteiger partial charge on any atom is 0.167 e. The first-order valence-electron chi connectivity index (χ1n) is 6.06. The molecule has 1 aromatic rings. The first-order chi connectivity index (χ1) is 8.04. The predicted molar refractivity (Wildman–Crippen MR) is 72.0 cm³/mol. The summed E-state index contributed by atoms with van der Waals surface area (Å²) < 4.78 is 1.90. The summed E-state index contributed by atoms with van der Waals surface area (Å²) in [4.78, 5) is 0. The molecule has 0 amide bonds. The summed E-state index contributed by atoms with van der Waals surface area (Å²) in [6.45, 7) is 10.5. The van der Waals surface area contributed by atoms with E-state index in [0.29, 0.717) is 11.2 Å². The van der Waals surface area contributed by atoms with Crippen molar-refractivity contribution in [3.8, 4) is 0 Å². The highest BCUT2D eigenvalue weighted by atomic mass is 32.2. The normalized spacial score (nSPS) is 15.2. The molecule has 6 heteroatoms. The van der Waals surface area contributed by atoms with Gasteiger partial charge in [-0.1, -0.05) is 20.8 Å². The molecule has 0 saturated carbocycles. The van der Waals surface area contributed by atoms with Crippen molar-refractivity contribution in [2.75, 3.05) is 12.8 Å². The fourth-order valence-corrected chi connectivity index (χ4v) is 1.76. The van der Waals surface area contributed by atoms with E-state index in [9.17, 15) is 0 Å². The molecule has 2 unspecified atom stereocenters. The summed E-state index contributed by atoms with van der Waals surface area (Å²) in [6.07, 6.45) is 2.11. The molecule has 0 bridgehead atoms. The third kappa shape index (κ3) is 4.63. The average Bonchev–Trinajstić information content (AvgIpc) is 2.73. The molecule has 1 heterocycles. The van der Waals surface area contributed by atoms with Crippen molar-refractivity contribution in [2.45, 2.75) is 45.5 Å². The average molecular weight is 257 g/mol. The van der Waals surface area contributed by atoms with Crippen LogP contribution in [0.25, 0.3) is 0 Å². The van der Waals surface area contributed by atoms with Gasteiger partial charge in [-0.3, -0.25) is 0 Å². The third-order valence-electron chi connectivity index (χ3n) is 2.61. The Morgan fingerprint density at radius 2 is 2.00 bits per heavy atom. The molecule has 0 aliphatic carbocycles. The van der Waals surface area contributed by atoms with Crippen molar-refractivity contribution in [1.82, 2.24) is 25.5 Å². The Balaban J connectivity index is 2.60. The van der Waals surface area contributed by atoms with E-state index in [1.165, 1.54) is 0 Å². The zero-order chi connectivity index (χ0) is 12.8. The van der Waals surface area contributed by atoms with Crippen LogP contribution in [-0.4, -0.2) is 38.3 Å². The quantitative estimate of drug-likeness (QED) is 0.806. The molecule has 0 saturated heterocycles. The van der Waals surface area contributed by atoms with Crippen LogP contribution < -0.4 is 5.32 Å². The zero-order valence-corrected chi connectivity index (χ0v) is 12.2. The lowest BCUT2D eigenvalue weighted by atomic mass is 10.2. The molecule has 0 aromatic carbocycles. The van der Waals surface area contributed by atoms with Crippen molar-refractivity contribution in [3.63, 3.8) is 0 Å². The van der Waals surface area contributed by atoms with Gasteiger partial charge in [0, 0.05) is 5.25 Å². The lowest BCUT2D eigenvalue weighted by molar-refractivity contribution is 0.453. The maximum atomic E-state index is 4.11. The molecular formula is C11H23N5S. The molecular weight excluding hydrogens is 234 g/mol. The molecule has 1 N–H and O–H groups in total. The summed E-state index contributed by atoms with van der Waals surface area (Å²) in [5, 5.41) is 15.9. The molecule has 0 spiro atoms. The van der Waals surface area contributed by atoms with Gasteiger partial charge >= 0.3 is 0 Å². The van der Waals surface area contributed by atoms with Crippen LogP contribution in [0.1, 0.15) is 39.6 Å². The first kappa shape index (κ1) is 14.4. The third-order valence-corrected chi connectivity index (χ3v) is 3.57. The van der Waals surface area contributed by atoms with Crippen LogP contribution in [0.2, 0.25) is 0 Å². The Morgan fingerprint density at radius 3 is 2.59 bits per heavy atom. The van der Waals surface area contributed by atoms with Gasteiger partial charge in [0.05, 0.1) is 12.6 Å². The molecule has 1 aromatic heterocycles. The second-order valence-corrected chi connectivity index (χ2v) is 6.07. The van der Waals surface area contributed by atoms with E-state index in [-0.39, 0.29) is 6.04 Å². The van der Waals surface area contributed by atoms with Gasteiger partial charge in [-0.05, 0) is 36.1 Å². The molecule has 2 atom stereocenters. The largest absolute Gasteiger partial charge is 0.307 e. The molecule has 5 nitrogen and oxygen atoms in total. The standard InChI is InChI=1S/C11H23N5S/c1-8(2)6-12-10(4)11-13-14-15-16(11)7-9(3)17-5/h8-10,12H,6-7H2,1-5H3. The van der Waals surface area contributed by atoms with Gasteiger partial charge in [0.1, 0.15) is 0 Å². The highest BCUT2D eigenvalue weighted by molar-refractivity contribution is 7.99. The maximum absolute atomic E-state index is 4.11. The van der Waals surface area contributed by atoms with Gasteiger partial charge in [-0.25, -0.2) is 4.68 Å². The van der Waals surface area contributed by atoms with E-state index < -0.39 is 0 Å². The number of hydrogen-bond donors (Lipinski definition) is 1. The van der Waals surface area contributed by atoms with Gasteiger partial charge in [-0.2, -0.15) is 11.8 Å². The summed E-state index contributed by atoms with van der Waals surface area (Å²) in [5.41, 5.74) is 0. The molecule has 0 fully saturated rings. The second-order valence-electron chi connectivity index (χ2n) is 4.79. The minimum atomic E-state index is 0.196. The van der Waals surface area contributed by atoms with Crippen molar-refractivity contribution in [3.05, 3.63) is 5.82 Å². The van der Waals surface area contributed by atoms with Crippen molar-refractivity contribution < 1.29 is 0 Å². The van der Waals surface area contributed by atoms with E-state index in [1.54, 1.807) is 0 Å². The summed E-state index contributed by atoms with van der Waals surface area (Å²) in [6, 6.07) is 0.196. The molecule has 17 heavy (non-hydrogen) atoms. The first-order valence-corrected chi connectivity index (χ1v) is 7.35. The lowest BCUT2D eigenvalue weighted by Crippen LogP contribution is -2.27. The predicted octanol–water partition coefficient (Wildman–Crippen LogP) is 1.73. The SMILES string of the molecule is CSC(C)Cn1nnnc1C(C)NCC(C)C. The zero-order valence-electron chi connectivity index (χ0n) is 11.3. The van der Waals surface area contributed by atoms with Crippen LogP contribution in [0.5, 0.6) is 0 Å². The number of aromatic nitrogens is 4. The van der Waals surface area contributed by atoms with Gasteiger partial charge in [-0.15, -0.1) is 5.10 Å². The smallest absolute Gasteiger partial charge is 0.167 e. The summed E-state index contributed by atoms with van der Waals surface area (Å²) in [5.74, 6) is 1.55. The van der Waals surface area contributed by atoms with E-state index in [4.69, 9.17) is 0 Å². The van der Waals surface area contributed by atoms with Gasteiger partial charge < -0.3 is 5.32 Å². The molecule has 1 rings (SSSR count). The van der Waals surface area contributed by atoms with Crippen LogP contribution in [-0.2, 0) is 6.54 Å². The van der Waals surface area contributed by atoms with E-state index in [0.717, 1.165) is 18.9 Å². The van der Waals surface area contributed by atoms with Gasteiger partial charge in [0.2, 0.25) is 0 Å². The monoisotopic (exact) mass is 257 g/mol. The van der Waals surface area contributed by atoms with Crippen molar-refractivity contribution >= 4 is 11.8 Å². The summed E-state index contributed by atoms with van der Waals surface area (Å²) in [7, 11) is 0. The minimum absolute atomic E-state index is 0.196. The Labute approximate surface area is 108 Å². The van der Waals surface area contributed by atoms with Crippen molar-refractivity contribution in [1.29, 1.82) is 0 Å². The van der Waals surface area contributed by atoms with Crippen LogP contribution >= 0.6 is 11.8 Å². The molecule has 0 radical (unpaired) electrons. The highest BCUT2D eigenvalue weighted by Crippen LogP contribution is 2.12. The van der Waals surface area contributed by atoms with Gasteiger partial charge in [0.25, 0.3) is 0 Å². The second kappa shape index (κ2) is 6.96. The number of thioether (sulfide) groups is 1. The van der Waals surface area contributed by atoms with Crippen LogP contribution in [0.4, 0.5) is 0 Å². The Morgan fingerprint density at radius 1 is 1.29 bits per heavy atom. The fraction of sp³-hybridized carbons (Fsp3) is 0.909. The van der Waals surface area contributed by atoms with Crippen LogP contribution in [0.15, 0.2) is 0 Å².